The maximum atomic E-state index is 12.9. The number of carbonyl (C=O) groups excluding carboxylic acids is 1. The second-order valence-electron chi connectivity index (χ2n) is 9.62. The number of rotatable bonds is 5. The third kappa shape index (κ3) is 8.62. The zero-order chi connectivity index (χ0) is 24.7. The predicted octanol–water partition coefficient (Wildman–Crippen LogP) is 8.67. The summed E-state index contributed by atoms with van der Waals surface area (Å²) in [4.78, 5) is 15.0. The minimum absolute atomic E-state index is 0.127. The molecule has 0 spiro atoms. The Morgan fingerprint density at radius 3 is 1.84 bits per heavy atom. The Bertz CT molecular complexity index is 801. The lowest BCUT2D eigenvalue weighted by molar-refractivity contribution is -0.190. The Labute approximate surface area is 188 Å². The lowest BCUT2D eigenvalue weighted by Crippen LogP contribution is -2.26. The number of ketones is 1. The fourth-order valence-electron chi connectivity index (χ4n) is 3.14. The van der Waals surface area contributed by atoms with Crippen LogP contribution in [0, 0.1) is 29.4 Å². The number of halogens is 5. The molecule has 182 valence electrons. The number of alkyl halides is 3. The van der Waals surface area contributed by atoms with Crippen LogP contribution in [0.1, 0.15) is 91.5 Å². The topological polar surface area (TPSA) is 29.4 Å². The lowest BCUT2D eigenvalue weighted by Gasteiger charge is -2.33. The molecule has 0 amide bonds. The summed E-state index contributed by atoms with van der Waals surface area (Å²) in [5.74, 6) is -1.96. The van der Waals surface area contributed by atoms with Crippen molar-refractivity contribution in [3.05, 3.63) is 29.3 Å². The first kappa shape index (κ1) is 28.2. The molecular formula is C25H36F5NO. The van der Waals surface area contributed by atoms with Crippen LogP contribution in [0.4, 0.5) is 27.6 Å². The minimum atomic E-state index is -4.18. The van der Waals surface area contributed by atoms with Gasteiger partial charge in [0.05, 0.1) is 11.1 Å². The highest BCUT2D eigenvalue weighted by Crippen LogP contribution is 2.60. The Kier molecular flexibility index (Phi) is 10.0. The molecule has 3 rings (SSSR count). The smallest absolute Gasteiger partial charge is 0.300 e. The van der Waals surface area contributed by atoms with Gasteiger partial charge in [0.25, 0.3) is 0 Å². The maximum absolute atomic E-state index is 12.9. The standard InChI is InChI=1S/C11H13F2N.C8H11F3O.C6H12/c1-4-8(3)14-11-6-10(13)9(12)5-7(11)2;1-2-6(12)5-7(3-4-7)8(9,10)11;1-6(2)4-3-5-6/h5-6H,4H2,1-3H3;2-5H2,1H3;3-5H2,1-2H3. The molecule has 0 N–H and O–H groups in total. The average Bonchev–Trinajstić information content (AvgIpc) is 3.46. The summed E-state index contributed by atoms with van der Waals surface area (Å²) in [5.41, 5.74) is 1.14. The number of hydrogen-bond donors (Lipinski definition) is 0. The highest BCUT2D eigenvalue weighted by atomic mass is 19.4. The molecule has 0 aromatic heterocycles. The van der Waals surface area contributed by atoms with Crippen molar-refractivity contribution in [2.45, 2.75) is 99.1 Å². The first-order valence-corrected chi connectivity index (χ1v) is 11.2. The van der Waals surface area contributed by atoms with E-state index < -0.39 is 23.2 Å². The van der Waals surface area contributed by atoms with Gasteiger partial charge < -0.3 is 0 Å². The fraction of sp³-hybridized carbons (Fsp3) is 0.680. The van der Waals surface area contributed by atoms with Crippen molar-refractivity contribution in [3.8, 4) is 0 Å². The van der Waals surface area contributed by atoms with Gasteiger partial charge in [-0.2, -0.15) is 13.2 Å². The van der Waals surface area contributed by atoms with Crippen LogP contribution >= 0.6 is 0 Å². The number of aliphatic imine (C=N–C) groups is 1. The van der Waals surface area contributed by atoms with Crippen molar-refractivity contribution < 1.29 is 26.7 Å². The highest BCUT2D eigenvalue weighted by molar-refractivity contribution is 5.84. The van der Waals surface area contributed by atoms with Crippen molar-refractivity contribution in [3.63, 3.8) is 0 Å². The number of Topliss-reactive ketones (excluding diaryl/α,β-unsaturated/α-hetero) is 1. The Morgan fingerprint density at radius 1 is 1.00 bits per heavy atom. The van der Waals surface area contributed by atoms with E-state index >= 15 is 0 Å². The number of benzene rings is 1. The zero-order valence-electron chi connectivity index (χ0n) is 20.1. The number of hydrogen-bond acceptors (Lipinski definition) is 2. The van der Waals surface area contributed by atoms with E-state index in [-0.39, 0.29) is 31.5 Å². The quantitative estimate of drug-likeness (QED) is 0.319. The largest absolute Gasteiger partial charge is 0.394 e. The summed E-state index contributed by atoms with van der Waals surface area (Å²) in [6, 6.07) is 2.29. The molecule has 2 aliphatic carbocycles. The molecule has 0 saturated heterocycles. The summed E-state index contributed by atoms with van der Waals surface area (Å²) in [7, 11) is 0. The average molecular weight is 462 g/mol. The molecule has 1 aromatic carbocycles. The van der Waals surface area contributed by atoms with E-state index in [0.29, 0.717) is 11.3 Å². The maximum Gasteiger partial charge on any atom is 0.394 e. The van der Waals surface area contributed by atoms with E-state index in [1.807, 2.05) is 13.8 Å². The van der Waals surface area contributed by atoms with Gasteiger partial charge in [-0.15, -0.1) is 0 Å². The molecule has 32 heavy (non-hydrogen) atoms. The van der Waals surface area contributed by atoms with Gasteiger partial charge in [-0.3, -0.25) is 9.79 Å². The molecule has 2 saturated carbocycles. The summed E-state index contributed by atoms with van der Waals surface area (Å²) >= 11 is 0. The molecular weight excluding hydrogens is 425 g/mol. The molecule has 7 heteroatoms. The molecule has 2 fully saturated rings. The summed E-state index contributed by atoms with van der Waals surface area (Å²) < 4.78 is 62.3. The molecule has 0 radical (unpaired) electrons. The van der Waals surface area contributed by atoms with Crippen LogP contribution in [-0.4, -0.2) is 17.7 Å². The van der Waals surface area contributed by atoms with Crippen molar-refractivity contribution in [1.82, 2.24) is 0 Å². The van der Waals surface area contributed by atoms with Crippen LogP contribution in [0.15, 0.2) is 17.1 Å². The highest BCUT2D eigenvalue weighted by Gasteiger charge is 2.63. The van der Waals surface area contributed by atoms with E-state index in [4.69, 9.17) is 0 Å². The van der Waals surface area contributed by atoms with Crippen molar-refractivity contribution >= 4 is 17.2 Å². The van der Waals surface area contributed by atoms with Crippen molar-refractivity contribution in [1.29, 1.82) is 0 Å². The molecule has 2 nitrogen and oxygen atoms in total. The van der Waals surface area contributed by atoms with Crippen LogP contribution in [0.25, 0.3) is 0 Å². The first-order valence-electron chi connectivity index (χ1n) is 11.2. The number of aryl methyl sites for hydroxylation is 1. The van der Waals surface area contributed by atoms with E-state index in [0.717, 1.165) is 29.7 Å². The summed E-state index contributed by atoms with van der Waals surface area (Å²) in [5, 5.41) is 0. The van der Waals surface area contributed by atoms with Gasteiger partial charge in [0.15, 0.2) is 11.6 Å². The molecule has 0 aliphatic heterocycles. The summed E-state index contributed by atoms with van der Waals surface area (Å²) in [6.45, 7) is 11.8. The van der Waals surface area contributed by atoms with Crippen molar-refractivity contribution in [2.75, 3.05) is 0 Å². The molecule has 1 aromatic rings. The molecule has 2 aliphatic rings. The van der Waals surface area contributed by atoms with Gasteiger partial charge in [-0.1, -0.05) is 34.1 Å². The van der Waals surface area contributed by atoms with Crippen LogP contribution in [0.5, 0.6) is 0 Å². The predicted molar refractivity (Wildman–Crippen MR) is 119 cm³/mol. The van der Waals surface area contributed by atoms with Gasteiger partial charge in [-0.25, -0.2) is 8.78 Å². The fourth-order valence-corrected chi connectivity index (χ4v) is 3.14. The molecule has 0 bridgehead atoms. The minimum Gasteiger partial charge on any atom is -0.300 e. The monoisotopic (exact) mass is 461 g/mol. The number of carbonyl (C=O) groups is 1. The van der Waals surface area contributed by atoms with Crippen molar-refractivity contribution in [2.24, 2.45) is 15.8 Å². The first-order chi connectivity index (χ1) is 14.7. The Hall–Kier alpha value is -1.79. The van der Waals surface area contributed by atoms with E-state index in [9.17, 15) is 26.7 Å². The third-order valence-corrected chi connectivity index (χ3v) is 6.15. The van der Waals surface area contributed by atoms with Gasteiger partial charge in [-0.05, 0) is 63.0 Å². The number of nitrogens with zero attached hydrogens (tertiary/aromatic N) is 1. The summed E-state index contributed by atoms with van der Waals surface area (Å²) in [6.07, 6.45) is 1.14. The molecule has 0 unspecified atom stereocenters. The van der Waals surface area contributed by atoms with Gasteiger partial charge >= 0.3 is 6.18 Å². The van der Waals surface area contributed by atoms with E-state index in [1.54, 1.807) is 13.8 Å². The van der Waals surface area contributed by atoms with Gasteiger partial charge in [0.1, 0.15) is 5.78 Å². The third-order valence-electron chi connectivity index (χ3n) is 6.15. The normalized spacial score (nSPS) is 18.4. The lowest BCUT2D eigenvalue weighted by atomic mass is 9.72. The van der Waals surface area contributed by atoms with E-state index in [2.05, 4.69) is 18.8 Å². The van der Waals surface area contributed by atoms with Gasteiger partial charge in [0.2, 0.25) is 0 Å². The second kappa shape index (κ2) is 11.4. The van der Waals surface area contributed by atoms with Crippen LogP contribution < -0.4 is 0 Å². The van der Waals surface area contributed by atoms with E-state index in [1.165, 1.54) is 19.3 Å². The van der Waals surface area contributed by atoms with Crippen LogP contribution in [0.3, 0.4) is 0 Å². The van der Waals surface area contributed by atoms with Gasteiger partial charge in [0, 0.05) is 24.6 Å². The van der Waals surface area contributed by atoms with Crippen LogP contribution in [0.2, 0.25) is 0 Å². The zero-order valence-corrected chi connectivity index (χ0v) is 20.1. The Morgan fingerprint density at radius 2 is 1.50 bits per heavy atom. The SMILES string of the molecule is CC1(C)CCC1.CCC(=O)CC1(C(F)(F)F)CC1.CCC(C)=Nc1cc(F)c(F)cc1C. The Balaban J connectivity index is 0.000000257. The molecule has 0 atom stereocenters. The second-order valence-corrected chi connectivity index (χ2v) is 9.62. The molecule has 0 heterocycles. The van der Waals surface area contributed by atoms with Crippen LogP contribution in [-0.2, 0) is 4.79 Å².